The maximum absolute atomic E-state index is 12.6. The number of likely N-dealkylation sites (tertiary alicyclic amines) is 1. The molecule has 0 saturated carbocycles. The van der Waals surface area contributed by atoms with Gasteiger partial charge in [0, 0.05) is 30.9 Å². The first-order chi connectivity index (χ1) is 11.2. The number of amides is 2. The van der Waals surface area contributed by atoms with Crippen LogP contribution in [0, 0.1) is 5.92 Å². The van der Waals surface area contributed by atoms with Gasteiger partial charge in [0.05, 0.1) is 0 Å². The van der Waals surface area contributed by atoms with Crippen LogP contribution >= 0.6 is 0 Å². The molecule has 1 fully saturated rings. The molecule has 2 atom stereocenters. The van der Waals surface area contributed by atoms with Crippen molar-refractivity contribution in [3.8, 4) is 0 Å². The number of nitrogens with zero attached hydrogens (tertiary/aromatic N) is 1. The van der Waals surface area contributed by atoms with Crippen LogP contribution < -0.4 is 0 Å². The van der Waals surface area contributed by atoms with E-state index < -0.39 is 0 Å². The largest absolute Gasteiger partial charge is 0.278 e. The number of fused-ring (bicyclic) bond motifs is 2. The number of imide groups is 1. The lowest BCUT2D eigenvalue weighted by atomic mass is 9.73. The van der Waals surface area contributed by atoms with E-state index in [0.29, 0.717) is 6.54 Å². The first kappa shape index (κ1) is 13.9. The maximum atomic E-state index is 12.6. The van der Waals surface area contributed by atoms with Crippen molar-refractivity contribution >= 4 is 17.9 Å². The quantitative estimate of drug-likeness (QED) is 0.811. The third kappa shape index (κ3) is 2.12. The van der Waals surface area contributed by atoms with Gasteiger partial charge in [0.2, 0.25) is 5.91 Å². The molecule has 2 aromatic carbocycles. The van der Waals surface area contributed by atoms with Crippen LogP contribution in [0.4, 0.5) is 0 Å². The van der Waals surface area contributed by atoms with Crippen molar-refractivity contribution in [1.82, 2.24) is 4.90 Å². The molecule has 1 aliphatic carbocycles. The molecule has 23 heavy (non-hydrogen) atoms. The van der Waals surface area contributed by atoms with Crippen molar-refractivity contribution in [3.05, 3.63) is 76.9 Å². The first-order valence-corrected chi connectivity index (χ1v) is 7.84. The fourth-order valence-electron chi connectivity index (χ4n) is 3.80. The summed E-state index contributed by atoms with van der Waals surface area (Å²) in [7, 11) is 0. The predicted octanol–water partition coefficient (Wildman–Crippen LogP) is 3.22. The fourth-order valence-corrected chi connectivity index (χ4v) is 3.80. The van der Waals surface area contributed by atoms with E-state index in [1.54, 1.807) is 0 Å². The summed E-state index contributed by atoms with van der Waals surface area (Å²) in [5, 5.41) is 0. The Kier molecular flexibility index (Phi) is 3.15. The van der Waals surface area contributed by atoms with E-state index in [1.807, 2.05) is 42.5 Å². The number of hydrogen-bond donors (Lipinski definition) is 0. The number of benzene rings is 2. The van der Waals surface area contributed by atoms with E-state index in [-0.39, 0.29) is 23.7 Å². The third-order valence-corrected chi connectivity index (χ3v) is 4.85. The molecular formula is C20H17NO2. The highest BCUT2D eigenvalue weighted by atomic mass is 16.2. The normalized spacial score (nSPS) is 22.4. The van der Waals surface area contributed by atoms with Gasteiger partial charge in [0.1, 0.15) is 0 Å². The van der Waals surface area contributed by atoms with E-state index in [4.69, 9.17) is 0 Å². The van der Waals surface area contributed by atoms with Gasteiger partial charge in [-0.25, -0.2) is 0 Å². The highest BCUT2D eigenvalue weighted by Gasteiger charge is 2.44. The Balaban J connectivity index is 1.89. The molecule has 2 aliphatic rings. The molecule has 3 heteroatoms. The average Bonchev–Trinajstić information content (AvgIpc) is 2.90. The molecular weight excluding hydrogens is 286 g/mol. The zero-order chi connectivity index (χ0) is 16.0. The Morgan fingerprint density at radius 2 is 1.74 bits per heavy atom. The summed E-state index contributed by atoms with van der Waals surface area (Å²) < 4.78 is 0. The highest BCUT2D eigenvalue weighted by molar-refractivity contribution is 6.09. The van der Waals surface area contributed by atoms with Crippen molar-refractivity contribution in [1.29, 1.82) is 0 Å². The van der Waals surface area contributed by atoms with Crippen LogP contribution in [0.25, 0.3) is 6.08 Å². The van der Waals surface area contributed by atoms with Crippen LogP contribution in [-0.2, 0) is 9.59 Å². The molecule has 2 aromatic rings. The molecule has 0 aromatic heterocycles. The van der Waals surface area contributed by atoms with Crippen LogP contribution in [0.15, 0.2) is 60.2 Å². The van der Waals surface area contributed by atoms with E-state index in [1.165, 1.54) is 23.0 Å². The molecule has 1 heterocycles. The molecule has 2 amide bonds. The summed E-state index contributed by atoms with van der Waals surface area (Å²) in [5.74, 6) is -0.177. The Labute approximate surface area is 135 Å². The first-order valence-electron chi connectivity index (χ1n) is 7.84. The Bertz CT molecular complexity index is 823. The molecule has 0 spiro atoms. The number of carbonyl (C=O) groups excluding carboxylic acids is 2. The van der Waals surface area contributed by atoms with Crippen molar-refractivity contribution in [2.45, 2.75) is 12.8 Å². The molecule has 1 saturated heterocycles. The molecule has 3 nitrogen and oxygen atoms in total. The minimum absolute atomic E-state index is 0.0312. The topological polar surface area (TPSA) is 37.4 Å². The molecule has 0 N–H and O–H groups in total. The predicted molar refractivity (Wildman–Crippen MR) is 88.6 cm³/mol. The summed E-state index contributed by atoms with van der Waals surface area (Å²) in [6.45, 7) is 1.92. The summed E-state index contributed by atoms with van der Waals surface area (Å²) in [6, 6.07) is 18.4. The van der Waals surface area contributed by atoms with Gasteiger partial charge in [0.25, 0.3) is 5.91 Å². The zero-order valence-corrected chi connectivity index (χ0v) is 12.9. The summed E-state index contributed by atoms with van der Waals surface area (Å²) in [5.41, 5.74) is 4.25. The molecule has 4 rings (SSSR count). The molecule has 0 bridgehead atoms. The SMILES string of the molecule is CC(=O)N1C[C@@H]2C(=Cc3ccccc3[C@@H]2c2ccccc2)C1=O. The van der Waals surface area contributed by atoms with Gasteiger partial charge in [-0.2, -0.15) is 0 Å². The smallest absolute Gasteiger partial charge is 0.256 e. The number of rotatable bonds is 1. The number of carbonyl (C=O) groups is 2. The second-order valence-electron chi connectivity index (χ2n) is 6.16. The van der Waals surface area contributed by atoms with Gasteiger partial charge < -0.3 is 0 Å². The van der Waals surface area contributed by atoms with Crippen LogP contribution in [0.1, 0.15) is 29.5 Å². The molecule has 114 valence electrons. The standard InChI is InChI=1S/C20H17NO2/c1-13(22)21-12-18-17(20(21)23)11-15-9-5-6-10-16(15)19(18)14-7-3-2-4-8-14/h2-11,18-19H,12H2,1H3/t18-,19+/m1/s1. The van der Waals surface area contributed by atoms with E-state index in [9.17, 15) is 9.59 Å². The fraction of sp³-hybridized carbons (Fsp3) is 0.200. The van der Waals surface area contributed by atoms with E-state index in [2.05, 4.69) is 18.2 Å². The molecule has 0 radical (unpaired) electrons. The van der Waals surface area contributed by atoms with Gasteiger partial charge in [-0.05, 0) is 22.8 Å². The second kappa shape index (κ2) is 5.20. The molecule has 1 aliphatic heterocycles. The van der Waals surface area contributed by atoms with Crippen LogP contribution in [0.3, 0.4) is 0 Å². The van der Waals surface area contributed by atoms with Gasteiger partial charge in [-0.1, -0.05) is 54.6 Å². The summed E-state index contributed by atoms with van der Waals surface area (Å²) >= 11 is 0. The minimum Gasteiger partial charge on any atom is -0.278 e. The minimum atomic E-state index is -0.179. The lowest BCUT2D eigenvalue weighted by Gasteiger charge is -2.29. The lowest BCUT2D eigenvalue weighted by Crippen LogP contribution is -2.30. The third-order valence-electron chi connectivity index (χ3n) is 4.85. The van der Waals surface area contributed by atoms with Crippen molar-refractivity contribution in [3.63, 3.8) is 0 Å². The molecule has 0 unspecified atom stereocenters. The van der Waals surface area contributed by atoms with E-state index in [0.717, 1.165) is 11.1 Å². The second-order valence-corrected chi connectivity index (χ2v) is 6.16. The van der Waals surface area contributed by atoms with Crippen LogP contribution in [0.2, 0.25) is 0 Å². The summed E-state index contributed by atoms with van der Waals surface area (Å²) in [6.07, 6.45) is 1.96. The van der Waals surface area contributed by atoms with Gasteiger partial charge in [-0.15, -0.1) is 0 Å². The van der Waals surface area contributed by atoms with Gasteiger partial charge >= 0.3 is 0 Å². The van der Waals surface area contributed by atoms with Gasteiger partial charge in [0.15, 0.2) is 0 Å². The highest BCUT2D eigenvalue weighted by Crippen LogP contribution is 2.46. The van der Waals surface area contributed by atoms with Crippen molar-refractivity contribution in [2.24, 2.45) is 5.92 Å². The monoisotopic (exact) mass is 303 g/mol. The summed E-state index contributed by atoms with van der Waals surface area (Å²) in [4.78, 5) is 25.8. The van der Waals surface area contributed by atoms with Crippen LogP contribution in [0.5, 0.6) is 0 Å². The zero-order valence-electron chi connectivity index (χ0n) is 12.9. The van der Waals surface area contributed by atoms with Crippen molar-refractivity contribution in [2.75, 3.05) is 6.54 Å². The maximum Gasteiger partial charge on any atom is 0.256 e. The van der Waals surface area contributed by atoms with Crippen LogP contribution in [-0.4, -0.2) is 23.3 Å². The Hall–Kier alpha value is -2.68. The van der Waals surface area contributed by atoms with E-state index >= 15 is 0 Å². The Morgan fingerprint density at radius 3 is 2.48 bits per heavy atom. The number of hydrogen-bond acceptors (Lipinski definition) is 2. The average molecular weight is 303 g/mol. The lowest BCUT2D eigenvalue weighted by molar-refractivity contribution is -0.138. The van der Waals surface area contributed by atoms with Gasteiger partial charge in [-0.3, -0.25) is 14.5 Å². The Morgan fingerprint density at radius 1 is 1.04 bits per heavy atom. The van der Waals surface area contributed by atoms with Crippen molar-refractivity contribution < 1.29 is 9.59 Å².